The number of nitriles is 1. The number of nitrogens with zero attached hydrogens (tertiary/aromatic N) is 1. The average Bonchev–Trinajstić information content (AvgIpc) is 3.37. The predicted molar refractivity (Wildman–Crippen MR) is 93.3 cm³/mol. The van der Waals surface area contributed by atoms with E-state index in [1.165, 1.54) is 12.1 Å². The van der Waals surface area contributed by atoms with Crippen molar-refractivity contribution >= 4 is 23.4 Å². The summed E-state index contributed by atoms with van der Waals surface area (Å²) >= 11 is 1.56. The molecule has 1 fully saturated rings. The molecule has 1 aliphatic rings. The summed E-state index contributed by atoms with van der Waals surface area (Å²) in [6, 6.07) is 16.2. The highest BCUT2D eigenvalue weighted by Crippen LogP contribution is 2.48. The minimum atomic E-state index is -0.266. The van der Waals surface area contributed by atoms with Crippen LogP contribution in [0.5, 0.6) is 0 Å². The van der Waals surface area contributed by atoms with Gasteiger partial charge < -0.3 is 5.32 Å². The number of amides is 1. The van der Waals surface area contributed by atoms with Crippen molar-refractivity contribution in [2.75, 3.05) is 11.1 Å². The number of carbonyl (C=O) groups is 1. The first kappa shape index (κ1) is 16.5. The monoisotopic (exact) mass is 340 g/mol. The third kappa shape index (κ3) is 3.95. The summed E-state index contributed by atoms with van der Waals surface area (Å²) in [4.78, 5) is 13.4. The molecule has 0 saturated heterocycles. The van der Waals surface area contributed by atoms with E-state index in [1.54, 1.807) is 17.8 Å². The van der Waals surface area contributed by atoms with Crippen molar-refractivity contribution in [3.63, 3.8) is 0 Å². The molecule has 2 unspecified atom stereocenters. The Kier molecular flexibility index (Phi) is 5.17. The lowest BCUT2D eigenvalue weighted by molar-refractivity contribution is -0.117. The molecule has 0 heterocycles. The summed E-state index contributed by atoms with van der Waals surface area (Å²) in [5.41, 5.74) is 1.65. The van der Waals surface area contributed by atoms with Crippen molar-refractivity contribution in [3.05, 3.63) is 59.9 Å². The van der Waals surface area contributed by atoms with E-state index in [0.29, 0.717) is 12.2 Å². The molecule has 1 saturated carbocycles. The van der Waals surface area contributed by atoms with Crippen LogP contribution in [0.15, 0.2) is 53.4 Å². The van der Waals surface area contributed by atoms with Crippen molar-refractivity contribution in [1.29, 1.82) is 5.26 Å². The van der Waals surface area contributed by atoms with E-state index in [-0.39, 0.29) is 23.6 Å². The van der Waals surface area contributed by atoms with E-state index < -0.39 is 0 Å². The first-order valence-electron chi connectivity index (χ1n) is 7.84. The Bertz CT molecular complexity index is 787. The van der Waals surface area contributed by atoms with Gasteiger partial charge in [0.05, 0.1) is 11.8 Å². The molecule has 24 heavy (non-hydrogen) atoms. The smallest absolute Gasteiger partial charge is 0.228 e. The lowest BCUT2D eigenvalue weighted by Gasteiger charge is -2.10. The zero-order chi connectivity index (χ0) is 16.9. The summed E-state index contributed by atoms with van der Waals surface area (Å²) in [6.45, 7) is 0. The largest absolute Gasteiger partial charge is 0.325 e. The number of nitrogens with one attached hydrogen (secondary N) is 1. The minimum absolute atomic E-state index is 0.0300. The molecule has 1 N–H and O–H groups in total. The lowest BCUT2D eigenvalue weighted by atomic mass is 10.1. The molecule has 3 rings (SSSR count). The maximum atomic E-state index is 13.3. The molecule has 2 atom stereocenters. The van der Waals surface area contributed by atoms with Gasteiger partial charge >= 0.3 is 0 Å². The maximum absolute atomic E-state index is 13.3. The fourth-order valence-electron chi connectivity index (χ4n) is 2.72. The van der Waals surface area contributed by atoms with E-state index in [4.69, 9.17) is 5.26 Å². The number of halogens is 1. The van der Waals surface area contributed by atoms with E-state index in [1.807, 2.05) is 30.3 Å². The van der Waals surface area contributed by atoms with Crippen LogP contribution in [0.4, 0.5) is 10.1 Å². The molecule has 122 valence electrons. The molecule has 3 nitrogen and oxygen atoms in total. The summed E-state index contributed by atoms with van der Waals surface area (Å²) in [6.07, 6.45) is 1.22. The van der Waals surface area contributed by atoms with Gasteiger partial charge in [-0.15, -0.1) is 11.8 Å². The van der Waals surface area contributed by atoms with Crippen molar-refractivity contribution < 1.29 is 9.18 Å². The molecule has 0 aromatic heterocycles. The second kappa shape index (κ2) is 7.50. The van der Waals surface area contributed by atoms with Gasteiger partial charge in [0.2, 0.25) is 5.91 Å². The highest BCUT2D eigenvalue weighted by Gasteiger charge is 2.44. The average molecular weight is 340 g/mol. The van der Waals surface area contributed by atoms with E-state index in [0.717, 1.165) is 22.6 Å². The molecule has 1 aliphatic carbocycles. The molecule has 1 amide bonds. The Labute approximate surface area is 144 Å². The van der Waals surface area contributed by atoms with Crippen LogP contribution in [-0.2, 0) is 4.79 Å². The third-order valence-corrected chi connectivity index (χ3v) is 5.10. The Morgan fingerprint density at radius 1 is 1.29 bits per heavy atom. The van der Waals surface area contributed by atoms with Crippen LogP contribution in [0.25, 0.3) is 0 Å². The Hall–Kier alpha value is -2.32. The first-order chi connectivity index (χ1) is 11.7. The van der Waals surface area contributed by atoms with Crippen molar-refractivity contribution in [3.8, 4) is 6.07 Å². The molecule has 0 bridgehead atoms. The molecule has 2 aromatic carbocycles. The van der Waals surface area contributed by atoms with Crippen LogP contribution in [0.3, 0.4) is 0 Å². The zero-order valence-electron chi connectivity index (χ0n) is 13.0. The number of hydrogen-bond donors (Lipinski definition) is 1. The molecule has 0 radical (unpaired) electrons. The Balaban J connectivity index is 1.63. The van der Waals surface area contributed by atoms with Crippen LogP contribution in [-0.4, -0.2) is 11.7 Å². The zero-order valence-corrected chi connectivity index (χ0v) is 13.9. The number of benzene rings is 2. The molecule has 5 heteroatoms. The molecule has 0 spiro atoms. The first-order valence-corrected chi connectivity index (χ1v) is 8.82. The van der Waals surface area contributed by atoms with Gasteiger partial charge in [-0.2, -0.15) is 5.26 Å². The van der Waals surface area contributed by atoms with Crippen molar-refractivity contribution in [1.82, 2.24) is 0 Å². The van der Waals surface area contributed by atoms with Gasteiger partial charge in [0.15, 0.2) is 0 Å². The highest BCUT2D eigenvalue weighted by atomic mass is 32.2. The summed E-state index contributed by atoms with van der Waals surface area (Å²) in [5, 5.41) is 11.6. The van der Waals surface area contributed by atoms with Gasteiger partial charge in [0.1, 0.15) is 5.82 Å². The van der Waals surface area contributed by atoms with Gasteiger partial charge in [-0.3, -0.25) is 4.79 Å². The second-order valence-electron chi connectivity index (χ2n) is 5.75. The molecule has 0 aliphatic heterocycles. The maximum Gasteiger partial charge on any atom is 0.228 e. The van der Waals surface area contributed by atoms with Gasteiger partial charge in [-0.25, -0.2) is 4.39 Å². The van der Waals surface area contributed by atoms with Crippen LogP contribution >= 0.6 is 11.8 Å². The third-order valence-electron chi connectivity index (χ3n) is 4.02. The van der Waals surface area contributed by atoms with Gasteiger partial charge in [0.25, 0.3) is 0 Å². The van der Waals surface area contributed by atoms with Crippen molar-refractivity contribution in [2.45, 2.75) is 23.7 Å². The summed E-state index contributed by atoms with van der Waals surface area (Å²) in [5.74, 6) is 0.386. The minimum Gasteiger partial charge on any atom is -0.325 e. The highest BCUT2D eigenvalue weighted by molar-refractivity contribution is 7.99. The normalized spacial score (nSPS) is 18.7. The van der Waals surface area contributed by atoms with Crippen LogP contribution < -0.4 is 5.32 Å². The molecular formula is C19H17FN2OS. The number of para-hydroxylation sites is 1. The standard InChI is InChI=1S/C19H17FN2OS/c20-14-6-3-5-13(11-14)15-12-16(15)19(23)22-17-7-1-2-8-18(17)24-10-4-9-21/h1-3,5-8,11,15-16H,4,10,12H2,(H,22,23). The van der Waals surface area contributed by atoms with Crippen LogP contribution in [0, 0.1) is 23.1 Å². The second-order valence-corrected chi connectivity index (χ2v) is 6.88. The van der Waals surface area contributed by atoms with E-state index in [2.05, 4.69) is 11.4 Å². The predicted octanol–water partition coefficient (Wildman–Crippen LogP) is 4.57. The topological polar surface area (TPSA) is 52.9 Å². The van der Waals surface area contributed by atoms with E-state index in [9.17, 15) is 9.18 Å². The van der Waals surface area contributed by atoms with E-state index >= 15 is 0 Å². The van der Waals surface area contributed by atoms with Gasteiger partial charge in [-0.1, -0.05) is 24.3 Å². The van der Waals surface area contributed by atoms with Gasteiger partial charge in [0, 0.05) is 23.0 Å². The summed E-state index contributed by atoms with van der Waals surface area (Å²) < 4.78 is 13.3. The Morgan fingerprint density at radius 3 is 2.92 bits per heavy atom. The van der Waals surface area contributed by atoms with Crippen LogP contribution in [0.2, 0.25) is 0 Å². The van der Waals surface area contributed by atoms with Crippen molar-refractivity contribution in [2.24, 2.45) is 5.92 Å². The molecule has 2 aromatic rings. The number of carbonyl (C=O) groups excluding carboxylic acids is 1. The fourth-order valence-corrected chi connectivity index (χ4v) is 3.58. The van der Waals surface area contributed by atoms with Gasteiger partial charge in [-0.05, 0) is 42.2 Å². The number of anilines is 1. The summed E-state index contributed by atoms with van der Waals surface area (Å²) in [7, 11) is 0. The van der Waals surface area contributed by atoms with Crippen LogP contribution in [0.1, 0.15) is 24.3 Å². The SMILES string of the molecule is N#CCCSc1ccccc1NC(=O)C1CC1c1cccc(F)c1. The number of rotatable bonds is 6. The fraction of sp³-hybridized carbons (Fsp3) is 0.263. The number of hydrogen-bond acceptors (Lipinski definition) is 3. The quantitative estimate of drug-likeness (QED) is 0.619. The lowest BCUT2D eigenvalue weighted by Crippen LogP contribution is -2.15. The number of thioether (sulfide) groups is 1. The molecular weight excluding hydrogens is 323 g/mol. The Morgan fingerprint density at radius 2 is 2.12 bits per heavy atom.